The summed E-state index contributed by atoms with van der Waals surface area (Å²) in [5.41, 5.74) is -0.284. The Morgan fingerprint density at radius 2 is 2.00 bits per heavy atom. The number of ether oxygens (including phenoxy) is 1. The van der Waals surface area contributed by atoms with Crippen molar-refractivity contribution < 1.29 is 19.4 Å². The minimum Gasteiger partial charge on any atom is -0.480 e. The summed E-state index contributed by atoms with van der Waals surface area (Å²) in [6.07, 6.45) is 1.89. The number of piperazine rings is 1. The van der Waals surface area contributed by atoms with E-state index < -0.39 is 5.97 Å². The molecule has 2 aliphatic rings. The number of rotatable bonds is 3. The number of urea groups is 1. The van der Waals surface area contributed by atoms with Crippen molar-refractivity contribution >= 4 is 12.0 Å². The van der Waals surface area contributed by atoms with Gasteiger partial charge in [-0.15, -0.1) is 0 Å². The topological polar surface area (TPSA) is 82.1 Å². The highest BCUT2D eigenvalue weighted by molar-refractivity contribution is 5.75. The molecule has 0 aromatic carbocycles. The molecular formula is C13H23N3O4. The van der Waals surface area contributed by atoms with Gasteiger partial charge in [-0.2, -0.15) is 0 Å². The Morgan fingerprint density at radius 1 is 1.30 bits per heavy atom. The second kappa shape index (κ2) is 6.41. The van der Waals surface area contributed by atoms with Crippen molar-refractivity contribution in [2.75, 3.05) is 45.9 Å². The smallest absolute Gasteiger partial charge is 0.317 e. The van der Waals surface area contributed by atoms with Crippen molar-refractivity contribution in [3.63, 3.8) is 0 Å². The predicted molar refractivity (Wildman–Crippen MR) is 72.6 cm³/mol. The van der Waals surface area contributed by atoms with Crippen LogP contribution in [-0.4, -0.2) is 78.4 Å². The second-order valence-electron chi connectivity index (χ2n) is 5.80. The number of hydrogen-bond acceptors (Lipinski definition) is 4. The van der Waals surface area contributed by atoms with Crippen LogP contribution in [0.25, 0.3) is 0 Å². The number of carboxylic acid groups (broad SMARTS) is 1. The van der Waals surface area contributed by atoms with Gasteiger partial charge in [0, 0.05) is 32.8 Å². The van der Waals surface area contributed by atoms with E-state index in [1.165, 1.54) is 0 Å². The summed E-state index contributed by atoms with van der Waals surface area (Å²) < 4.78 is 5.43. The number of carboxylic acids is 1. The number of carbonyl (C=O) groups is 2. The maximum Gasteiger partial charge on any atom is 0.317 e. The van der Waals surface area contributed by atoms with Crippen LogP contribution in [-0.2, 0) is 9.53 Å². The first kappa shape index (κ1) is 15.1. The van der Waals surface area contributed by atoms with Crippen LogP contribution in [0.3, 0.4) is 0 Å². The highest BCUT2D eigenvalue weighted by atomic mass is 16.5. The van der Waals surface area contributed by atoms with E-state index in [1.54, 1.807) is 4.90 Å². The van der Waals surface area contributed by atoms with Gasteiger partial charge in [0.25, 0.3) is 0 Å². The zero-order chi connectivity index (χ0) is 14.6. The lowest BCUT2D eigenvalue weighted by molar-refractivity contribution is -0.138. The Hall–Kier alpha value is -1.34. The van der Waals surface area contributed by atoms with Crippen LogP contribution in [0.2, 0.25) is 0 Å². The SMILES string of the molecule is CC1(NC(=O)N2CCN(CC(=O)O)CC2)CCCOC1. The molecule has 20 heavy (non-hydrogen) atoms. The van der Waals surface area contributed by atoms with Crippen molar-refractivity contribution in [1.82, 2.24) is 15.1 Å². The summed E-state index contributed by atoms with van der Waals surface area (Å²) in [5, 5.41) is 11.8. The largest absolute Gasteiger partial charge is 0.480 e. The fraction of sp³-hybridized carbons (Fsp3) is 0.846. The third-order valence-corrected chi connectivity index (χ3v) is 3.86. The number of hydrogen-bond donors (Lipinski definition) is 2. The molecule has 0 aliphatic carbocycles. The van der Waals surface area contributed by atoms with Crippen LogP contribution in [0.5, 0.6) is 0 Å². The van der Waals surface area contributed by atoms with Gasteiger partial charge in [0.05, 0.1) is 18.7 Å². The number of aliphatic carboxylic acids is 1. The molecule has 2 aliphatic heterocycles. The number of nitrogens with zero attached hydrogens (tertiary/aromatic N) is 2. The molecule has 0 bridgehead atoms. The Balaban J connectivity index is 1.78. The van der Waals surface area contributed by atoms with Gasteiger partial charge in [-0.1, -0.05) is 0 Å². The van der Waals surface area contributed by atoms with E-state index in [4.69, 9.17) is 9.84 Å². The summed E-state index contributed by atoms with van der Waals surface area (Å²) in [7, 11) is 0. The molecule has 1 atom stereocenters. The van der Waals surface area contributed by atoms with Gasteiger partial charge in [0.1, 0.15) is 0 Å². The van der Waals surface area contributed by atoms with Crippen molar-refractivity contribution in [1.29, 1.82) is 0 Å². The summed E-state index contributed by atoms with van der Waals surface area (Å²) >= 11 is 0. The third-order valence-electron chi connectivity index (χ3n) is 3.86. The quantitative estimate of drug-likeness (QED) is 0.761. The monoisotopic (exact) mass is 285 g/mol. The lowest BCUT2D eigenvalue weighted by atomic mass is 9.95. The maximum atomic E-state index is 12.2. The maximum absolute atomic E-state index is 12.2. The summed E-state index contributed by atoms with van der Waals surface area (Å²) in [6.45, 7) is 5.70. The van der Waals surface area contributed by atoms with Crippen LogP contribution in [0.15, 0.2) is 0 Å². The van der Waals surface area contributed by atoms with Crippen LogP contribution < -0.4 is 5.32 Å². The molecule has 0 saturated carbocycles. The van der Waals surface area contributed by atoms with Gasteiger partial charge in [-0.05, 0) is 19.8 Å². The molecule has 2 N–H and O–H groups in total. The van der Waals surface area contributed by atoms with Crippen molar-refractivity contribution in [2.45, 2.75) is 25.3 Å². The van der Waals surface area contributed by atoms with Crippen molar-refractivity contribution in [3.8, 4) is 0 Å². The second-order valence-corrected chi connectivity index (χ2v) is 5.80. The van der Waals surface area contributed by atoms with E-state index in [0.717, 1.165) is 19.4 Å². The molecule has 1 unspecified atom stereocenters. The van der Waals surface area contributed by atoms with Gasteiger partial charge in [-0.3, -0.25) is 9.69 Å². The Kier molecular flexibility index (Phi) is 4.82. The normalized spacial score (nSPS) is 28.1. The number of carbonyl (C=O) groups excluding carboxylic acids is 1. The summed E-state index contributed by atoms with van der Waals surface area (Å²) in [6, 6.07) is -0.0759. The van der Waals surface area contributed by atoms with E-state index in [2.05, 4.69) is 5.32 Å². The van der Waals surface area contributed by atoms with E-state index in [9.17, 15) is 9.59 Å². The zero-order valence-corrected chi connectivity index (χ0v) is 11.9. The first-order valence-corrected chi connectivity index (χ1v) is 7.07. The predicted octanol–water partition coefficient (Wildman–Crippen LogP) is -0.0327. The van der Waals surface area contributed by atoms with E-state index >= 15 is 0 Å². The van der Waals surface area contributed by atoms with Gasteiger partial charge in [-0.25, -0.2) is 4.79 Å². The van der Waals surface area contributed by atoms with Crippen LogP contribution in [0.4, 0.5) is 4.79 Å². The summed E-state index contributed by atoms with van der Waals surface area (Å²) in [5.74, 6) is -0.824. The fourth-order valence-electron chi connectivity index (χ4n) is 2.67. The highest BCUT2D eigenvalue weighted by Gasteiger charge is 2.32. The first-order chi connectivity index (χ1) is 9.48. The molecule has 0 aromatic heterocycles. The molecular weight excluding hydrogens is 262 g/mol. The molecule has 0 radical (unpaired) electrons. The van der Waals surface area contributed by atoms with Crippen LogP contribution in [0.1, 0.15) is 19.8 Å². The molecule has 7 nitrogen and oxygen atoms in total. The van der Waals surface area contributed by atoms with Gasteiger partial charge < -0.3 is 20.1 Å². The van der Waals surface area contributed by atoms with Crippen LogP contribution in [0, 0.1) is 0 Å². The van der Waals surface area contributed by atoms with Gasteiger partial charge in [0.2, 0.25) is 0 Å². The average Bonchev–Trinajstić information content (AvgIpc) is 2.39. The minimum atomic E-state index is -0.824. The Morgan fingerprint density at radius 3 is 2.55 bits per heavy atom. The molecule has 114 valence electrons. The molecule has 0 aromatic rings. The lowest BCUT2D eigenvalue weighted by Crippen LogP contribution is -2.59. The standard InChI is InChI=1S/C13H23N3O4/c1-13(3-2-8-20-10-13)14-12(19)16-6-4-15(5-7-16)9-11(17)18/h2-10H2,1H3,(H,14,19)(H,17,18). The van der Waals surface area contributed by atoms with E-state index in [0.29, 0.717) is 32.8 Å². The highest BCUT2D eigenvalue weighted by Crippen LogP contribution is 2.18. The molecule has 2 saturated heterocycles. The molecule has 2 fully saturated rings. The minimum absolute atomic E-state index is 0.0427. The number of nitrogens with one attached hydrogen (secondary N) is 1. The zero-order valence-electron chi connectivity index (χ0n) is 11.9. The first-order valence-electron chi connectivity index (χ1n) is 7.07. The average molecular weight is 285 g/mol. The molecule has 2 rings (SSSR count). The summed E-state index contributed by atoms with van der Waals surface area (Å²) in [4.78, 5) is 26.5. The molecule has 7 heteroatoms. The number of amides is 2. The molecule has 0 spiro atoms. The fourth-order valence-corrected chi connectivity index (χ4v) is 2.67. The van der Waals surface area contributed by atoms with E-state index in [1.807, 2.05) is 11.8 Å². The van der Waals surface area contributed by atoms with Crippen molar-refractivity contribution in [2.24, 2.45) is 0 Å². The third kappa shape index (κ3) is 4.08. The molecule has 2 heterocycles. The Bertz CT molecular complexity index is 361. The lowest BCUT2D eigenvalue weighted by Gasteiger charge is -2.39. The van der Waals surface area contributed by atoms with Gasteiger partial charge >= 0.3 is 12.0 Å². The molecule has 2 amide bonds. The van der Waals surface area contributed by atoms with Crippen molar-refractivity contribution in [3.05, 3.63) is 0 Å². The van der Waals surface area contributed by atoms with Gasteiger partial charge in [0.15, 0.2) is 0 Å². The Labute approximate surface area is 118 Å². The van der Waals surface area contributed by atoms with E-state index in [-0.39, 0.29) is 18.1 Å². The van der Waals surface area contributed by atoms with Crippen LogP contribution >= 0.6 is 0 Å².